The zero-order valence-corrected chi connectivity index (χ0v) is 8.70. The number of carboxylic acid groups (broad SMARTS) is 1. The summed E-state index contributed by atoms with van der Waals surface area (Å²) < 4.78 is 24.0. The first-order chi connectivity index (χ1) is 8.06. The molecule has 1 heterocycles. The lowest BCUT2D eigenvalue weighted by Crippen LogP contribution is -2.21. The number of phenols is 1. The summed E-state index contributed by atoms with van der Waals surface area (Å²) in [4.78, 5) is 11.2. The number of aliphatic carboxylic acids is 1. The molecule has 0 atom stereocenters. The molecule has 2 aliphatic rings. The predicted octanol–water partition coefficient (Wildman–Crippen LogP) is 1.38. The lowest BCUT2D eigenvalue weighted by Gasteiger charge is -2.14. The minimum absolute atomic E-state index is 0.0963. The van der Waals surface area contributed by atoms with E-state index < -0.39 is 23.0 Å². The molecular weight excluding hydrogens is 231 g/mol. The third-order valence-corrected chi connectivity index (χ3v) is 3.22. The van der Waals surface area contributed by atoms with E-state index in [1.165, 1.54) is 0 Å². The highest BCUT2D eigenvalue weighted by Gasteiger charge is 2.56. The van der Waals surface area contributed by atoms with Gasteiger partial charge in [0, 0.05) is 6.07 Å². The quantitative estimate of drug-likeness (QED) is 0.816. The number of hydrogen-bond donors (Lipinski definition) is 2. The zero-order valence-electron chi connectivity index (χ0n) is 8.70. The van der Waals surface area contributed by atoms with Crippen LogP contribution in [0, 0.1) is 5.82 Å². The van der Waals surface area contributed by atoms with Gasteiger partial charge in [0.15, 0.2) is 23.1 Å². The van der Waals surface area contributed by atoms with Gasteiger partial charge in [-0.2, -0.15) is 0 Å². The predicted molar refractivity (Wildman–Crippen MR) is 52.7 cm³/mol. The van der Waals surface area contributed by atoms with E-state index in [4.69, 9.17) is 14.6 Å². The Kier molecular flexibility index (Phi) is 1.81. The molecule has 17 heavy (non-hydrogen) atoms. The van der Waals surface area contributed by atoms with E-state index in [1.54, 1.807) is 0 Å². The molecule has 0 spiro atoms. The fourth-order valence-corrected chi connectivity index (χ4v) is 2.13. The maximum Gasteiger partial charge on any atom is 0.314 e. The van der Waals surface area contributed by atoms with Crippen molar-refractivity contribution in [3.05, 3.63) is 17.4 Å². The number of carboxylic acids is 1. The second-order valence-electron chi connectivity index (χ2n) is 4.21. The van der Waals surface area contributed by atoms with Crippen LogP contribution < -0.4 is 9.47 Å². The average molecular weight is 240 g/mol. The molecule has 6 heteroatoms. The first kappa shape index (κ1) is 10.2. The Morgan fingerprint density at radius 1 is 1.41 bits per heavy atom. The van der Waals surface area contributed by atoms with Crippen LogP contribution in [-0.4, -0.2) is 23.0 Å². The van der Waals surface area contributed by atoms with Crippen molar-refractivity contribution in [1.29, 1.82) is 0 Å². The lowest BCUT2D eigenvalue weighted by atomic mass is 9.93. The van der Waals surface area contributed by atoms with Crippen molar-refractivity contribution >= 4 is 5.97 Å². The summed E-state index contributed by atoms with van der Waals surface area (Å²) in [5, 5.41) is 18.6. The molecule has 90 valence electrons. The molecule has 0 amide bonds. The Morgan fingerprint density at radius 2 is 2.12 bits per heavy atom. The second kappa shape index (κ2) is 3.03. The SMILES string of the molecule is O=C(O)C1(c2c(F)c(O)cc3c2OCO3)CC1. The Morgan fingerprint density at radius 3 is 2.71 bits per heavy atom. The topological polar surface area (TPSA) is 76.0 Å². The van der Waals surface area contributed by atoms with Crippen LogP contribution in [0.25, 0.3) is 0 Å². The number of rotatable bonds is 2. The molecule has 1 aliphatic heterocycles. The highest BCUT2D eigenvalue weighted by atomic mass is 19.1. The van der Waals surface area contributed by atoms with E-state index in [-0.39, 0.29) is 23.9 Å². The van der Waals surface area contributed by atoms with E-state index in [9.17, 15) is 14.3 Å². The second-order valence-corrected chi connectivity index (χ2v) is 4.21. The van der Waals surface area contributed by atoms with Crippen LogP contribution in [-0.2, 0) is 10.2 Å². The average Bonchev–Trinajstić information content (AvgIpc) is 2.95. The van der Waals surface area contributed by atoms with E-state index in [0.29, 0.717) is 12.8 Å². The summed E-state index contributed by atoms with van der Waals surface area (Å²) in [6.45, 7) is -0.0963. The standard InChI is InChI=1S/C11H9FO5/c12-8-5(13)3-6-9(17-4-16-6)7(8)11(1-2-11)10(14)15/h3,13H,1-2,4H2,(H,14,15). The van der Waals surface area contributed by atoms with Crippen LogP contribution in [0.2, 0.25) is 0 Å². The minimum Gasteiger partial charge on any atom is -0.505 e. The van der Waals surface area contributed by atoms with Crippen molar-refractivity contribution in [1.82, 2.24) is 0 Å². The lowest BCUT2D eigenvalue weighted by molar-refractivity contribution is -0.140. The Bertz CT molecular complexity index is 521. The largest absolute Gasteiger partial charge is 0.505 e. The van der Waals surface area contributed by atoms with Gasteiger partial charge >= 0.3 is 5.97 Å². The number of halogens is 1. The summed E-state index contributed by atoms with van der Waals surface area (Å²) >= 11 is 0. The molecular formula is C11H9FO5. The first-order valence-electron chi connectivity index (χ1n) is 5.11. The summed E-state index contributed by atoms with van der Waals surface area (Å²) in [5.41, 5.74) is -1.38. The third-order valence-electron chi connectivity index (χ3n) is 3.22. The van der Waals surface area contributed by atoms with Gasteiger partial charge in [-0.15, -0.1) is 0 Å². The van der Waals surface area contributed by atoms with Gasteiger partial charge in [0.1, 0.15) is 0 Å². The highest BCUT2D eigenvalue weighted by molar-refractivity contribution is 5.87. The normalized spacial score (nSPS) is 19.1. The molecule has 1 fully saturated rings. The molecule has 5 nitrogen and oxygen atoms in total. The molecule has 2 N–H and O–H groups in total. The summed E-state index contributed by atoms with van der Waals surface area (Å²) in [6, 6.07) is 1.10. The van der Waals surface area contributed by atoms with Crippen LogP contribution in [0.5, 0.6) is 17.2 Å². The maximum absolute atomic E-state index is 13.9. The van der Waals surface area contributed by atoms with Crippen LogP contribution in [0.15, 0.2) is 6.07 Å². The van der Waals surface area contributed by atoms with Gasteiger partial charge in [0.05, 0.1) is 11.0 Å². The van der Waals surface area contributed by atoms with Crippen molar-refractivity contribution in [2.24, 2.45) is 0 Å². The smallest absolute Gasteiger partial charge is 0.314 e. The molecule has 0 bridgehead atoms. The maximum atomic E-state index is 13.9. The Balaban J connectivity index is 2.26. The van der Waals surface area contributed by atoms with Crippen molar-refractivity contribution < 1.29 is 28.9 Å². The number of fused-ring (bicyclic) bond motifs is 1. The van der Waals surface area contributed by atoms with Crippen LogP contribution >= 0.6 is 0 Å². The number of hydrogen-bond acceptors (Lipinski definition) is 4. The highest BCUT2D eigenvalue weighted by Crippen LogP contribution is 2.56. The molecule has 0 radical (unpaired) electrons. The number of benzene rings is 1. The van der Waals surface area contributed by atoms with Crippen LogP contribution in [0.3, 0.4) is 0 Å². The van der Waals surface area contributed by atoms with E-state index >= 15 is 0 Å². The van der Waals surface area contributed by atoms with Crippen molar-refractivity contribution in [3.63, 3.8) is 0 Å². The van der Waals surface area contributed by atoms with Gasteiger partial charge in [-0.1, -0.05) is 0 Å². The molecule has 0 aromatic heterocycles. The fourth-order valence-electron chi connectivity index (χ4n) is 2.13. The Hall–Kier alpha value is -1.98. The van der Waals surface area contributed by atoms with Crippen molar-refractivity contribution in [2.45, 2.75) is 18.3 Å². The number of ether oxygens (including phenoxy) is 2. The zero-order chi connectivity index (χ0) is 12.2. The molecule has 1 aromatic carbocycles. The summed E-state index contributed by atoms with van der Waals surface area (Å²) in [6.07, 6.45) is 0.664. The van der Waals surface area contributed by atoms with Gasteiger partial charge in [-0.25, -0.2) is 4.39 Å². The molecule has 1 saturated carbocycles. The summed E-state index contributed by atoms with van der Waals surface area (Å²) in [5.74, 6) is -2.38. The van der Waals surface area contributed by atoms with E-state index in [0.717, 1.165) is 6.07 Å². The van der Waals surface area contributed by atoms with Gasteiger partial charge in [0.2, 0.25) is 6.79 Å². The monoisotopic (exact) mass is 240 g/mol. The van der Waals surface area contributed by atoms with E-state index in [2.05, 4.69) is 0 Å². The number of carbonyl (C=O) groups is 1. The first-order valence-corrected chi connectivity index (χ1v) is 5.11. The number of phenolic OH excluding ortho intramolecular Hbond substituents is 1. The number of aromatic hydroxyl groups is 1. The van der Waals surface area contributed by atoms with E-state index in [1.807, 2.05) is 0 Å². The fraction of sp³-hybridized carbons (Fsp3) is 0.364. The molecule has 0 saturated heterocycles. The molecule has 0 unspecified atom stereocenters. The third kappa shape index (κ3) is 1.20. The van der Waals surface area contributed by atoms with Gasteiger partial charge in [-0.05, 0) is 12.8 Å². The van der Waals surface area contributed by atoms with Crippen LogP contribution in [0.1, 0.15) is 18.4 Å². The Labute approximate surface area is 95.4 Å². The van der Waals surface area contributed by atoms with Crippen molar-refractivity contribution in [2.75, 3.05) is 6.79 Å². The van der Waals surface area contributed by atoms with Gasteiger partial charge in [-0.3, -0.25) is 4.79 Å². The van der Waals surface area contributed by atoms with Gasteiger partial charge < -0.3 is 19.7 Å². The summed E-state index contributed by atoms with van der Waals surface area (Å²) in [7, 11) is 0. The molecule has 1 aliphatic carbocycles. The molecule has 3 rings (SSSR count). The minimum atomic E-state index is -1.28. The molecule has 1 aromatic rings. The van der Waals surface area contributed by atoms with Gasteiger partial charge in [0.25, 0.3) is 0 Å². The van der Waals surface area contributed by atoms with Crippen LogP contribution in [0.4, 0.5) is 4.39 Å². The van der Waals surface area contributed by atoms with Crippen molar-refractivity contribution in [3.8, 4) is 17.2 Å².